The molecule has 0 saturated carbocycles. The van der Waals surface area contributed by atoms with Gasteiger partial charge in [0.05, 0.1) is 17.2 Å². The molecule has 0 aliphatic heterocycles. The van der Waals surface area contributed by atoms with Gasteiger partial charge < -0.3 is 15.0 Å². The molecule has 0 saturated heterocycles. The Kier molecular flexibility index (Phi) is 5.02. The summed E-state index contributed by atoms with van der Waals surface area (Å²) in [5.74, 6) is 0.0351. The van der Waals surface area contributed by atoms with Crippen LogP contribution in [-0.4, -0.2) is 21.2 Å². The Morgan fingerprint density at radius 1 is 1.26 bits per heavy atom. The number of aromatic nitrogens is 3. The van der Waals surface area contributed by atoms with Crippen molar-refractivity contribution in [3.05, 3.63) is 42.1 Å². The number of anilines is 1. The first-order chi connectivity index (χ1) is 12.8. The van der Waals surface area contributed by atoms with E-state index < -0.39 is 11.7 Å². The molecule has 0 aliphatic carbocycles. The molecule has 0 bridgehead atoms. The molecule has 0 spiro atoms. The van der Waals surface area contributed by atoms with Crippen LogP contribution in [0, 0.1) is 0 Å². The third-order valence-electron chi connectivity index (χ3n) is 3.94. The van der Waals surface area contributed by atoms with Crippen molar-refractivity contribution >= 4 is 5.82 Å². The lowest BCUT2D eigenvalue weighted by molar-refractivity contribution is -0.139. The molecule has 142 valence electrons. The van der Waals surface area contributed by atoms with Crippen molar-refractivity contribution in [3.8, 4) is 28.6 Å². The normalized spacial score (nSPS) is 12.8. The second-order valence-electron chi connectivity index (χ2n) is 5.90. The van der Waals surface area contributed by atoms with Crippen LogP contribution in [0.2, 0.25) is 0 Å². The average Bonchev–Trinajstić information content (AvgIpc) is 3.11. The lowest BCUT2D eigenvalue weighted by Gasteiger charge is -2.18. The van der Waals surface area contributed by atoms with E-state index in [-0.39, 0.29) is 34.9 Å². The van der Waals surface area contributed by atoms with E-state index in [1.165, 1.54) is 18.3 Å². The van der Waals surface area contributed by atoms with Crippen molar-refractivity contribution < 1.29 is 22.4 Å². The fourth-order valence-corrected chi connectivity index (χ4v) is 2.34. The van der Waals surface area contributed by atoms with Gasteiger partial charge in [-0.3, -0.25) is 0 Å². The third-order valence-corrected chi connectivity index (χ3v) is 3.94. The minimum Gasteiger partial charge on any atom is -0.490 e. The summed E-state index contributed by atoms with van der Waals surface area (Å²) in [5.41, 5.74) is 5.42. The van der Waals surface area contributed by atoms with Gasteiger partial charge in [-0.05, 0) is 43.7 Å². The molecular formula is C18H17F3N4O2. The van der Waals surface area contributed by atoms with Crippen molar-refractivity contribution in [2.45, 2.75) is 32.5 Å². The number of pyridine rings is 1. The highest BCUT2D eigenvalue weighted by molar-refractivity contribution is 5.69. The highest BCUT2D eigenvalue weighted by atomic mass is 19.4. The molecule has 0 radical (unpaired) electrons. The second-order valence-corrected chi connectivity index (χ2v) is 5.90. The van der Waals surface area contributed by atoms with Gasteiger partial charge in [-0.15, -0.1) is 0 Å². The van der Waals surface area contributed by atoms with Crippen LogP contribution in [-0.2, 0) is 6.18 Å². The number of rotatable bonds is 5. The molecule has 2 heterocycles. The van der Waals surface area contributed by atoms with Crippen molar-refractivity contribution in [1.29, 1.82) is 0 Å². The molecule has 1 aromatic carbocycles. The van der Waals surface area contributed by atoms with Crippen LogP contribution in [0.3, 0.4) is 0 Å². The van der Waals surface area contributed by atoms with Gasteiger partial charge in [0.15, 0.2) is 0 Å². The first-order valence-electron chi connectivity index (χ1n) is 8.22. The zero-order chi connectivity index (χ0) is 19.6. The van der Waals surface area contributed by atoms with Crippen LogP contribution < -0.4 is 10.5 Å². The summed E-state index contributed by atoms with van der Waals surface area (Å²) in [6.45, 7) is 3.53. The minimum atomic E-state index is -4.59. The standard InChI is InChI=1S/C18H17F3N4O2/c1-3-10(2)26-14-7-6-11(9-13(14)18(19,20)21)17-24-16(25-27-17)12-5-4-8-23-15(12)22/h4-10H,3H2,1-2H3,(H2,22,23)/t10-/m0/s1. The summed E-state index contributed by atoms with van der Waals surface area (Å²) in [5, 5.41) is 3.78. The number of alkyl halides is 3. The quantitative estimate of drug-likeness (QED) is 0.699. The lowest BCUT2D eigenvalue weighted by atomic mass is 10.1. The van der Waals surface area contributed by atoms with Crippen molar-refractivity contribution in [1.82, 2.24) is 15.1 Å². The molecule has 0 unspecified atom stereocenters. The number of ether oxygens (including phenoxy) is 1. The Balaban J connectivity index is 1.99. The molecule has 0 aliphatic rings. The maximum Gasteiger partial charge on any atom is 0.419 e. The zero-order valence-corrected chi connectivity index (χ0v) is 14.6. The average molecular weight is 378 g/mol. The van der Waals surface area contributed by atoms with E-state index in [0.29, 0.717) is 12.0 Å². The maximum atomic E-state index is 13.5. The first-order valence-corrected chi connectivity index (χ1v) is 8.22. The summed E-state index contributed by atoms with van der Waals surface area (Å²) in [4.78, 5) is 8.06. The molecule has 1 atom stereocenters. The molecule has 0 amide bonds. The van der Waals surface area contributed by atoms with E-state index in [1.54, 1.807) is 19.1 Å². The predicted octanol–water partition coefficient (Wildman–Crippen LogP) is 4.58. The Hall–Kier alpha value is -3.10. The Labute approximate surface area is 153 Å². The lowest BCUT2D eigenvalue weighted by Crippen LogP contribution is -2.15. The number of nitrogens with two attached hydrogens (primary N) is 1. The van der Waals surface area contributed by atoms with Gasteiger partial charge in [0.1, 0.15) is 11.6 Å². The number of benzene rings is 1. The Morgan fingerprint density at radius 2 is 2.04 bits per heavy atom. The molecule has 3 rings (SSSR count). The molecule has 3 aromatic rings. The molecule has 0 fully saturated rings. The predicted molar refractivity (Wildman–Crippen MR) is 92.8 cm³/mol. The SMILES string of the molecule is CC[C@H](C)Oc1ccc(-c2nc(-c3cccnc3N)no2)cc1C(F)(F)F. The van der Waals surface area contributed by atoms with Gasteiger partial charge in [0.25, 0.3) is 5.89 Å². The van der Waals surface area contributed by atoms with Crippen molar-refractivity contribution in [2.24, 2.45) is 0 Å². The fourth-order valence-electron chi connectivity index (χ4n) is 2.34. The van der Waals surface area contributed by atoms with Gasteiger partial charge in [-0.2, -0.15) is 18.2 Å². The van der Waals surface area contributed by atoms with Gasteiger partial charge in [-0.1, -0.05) is 12.1 Å². The van der Waals surface area contributed by atoms with E-state index in [0.717, 1.165) is 6.07 Å². The molecular weight excluding hydrogens is 361 g/mol. The minimum absolute atomic E-state index is 0.0613. The number of hydrogen-bond acceptors (Lipinski definition) is 6. The summed E-state index contributed by atoms with van der Waals surface area (Å²) in [7, 11) is 0. The Morgan fingerprint density at radius 3 is 2.70 bits per heavy atom. The molecule has 2 N–H and O–H groups in total. The highest BCUT2D eigenvalue weighted by Gasteiger charge is 2.35. The van der Waals surface area contributed by atoms with Crippen LogP contribution >= 0.6 is 0 Å². The number of halogens is 3. The molecule has 2 aromatic heterocycles. The maximum absolute atomic E-state index is 13.5. The number of hydrogen-bond donors (Lipinski definition) is 1. The van der Waals surface area contributed by atoms with Crippen molar-refractivity contribution in [3.63, 3.8) is 0 Å². The third kappa shape index (κ3) is 4.02. The van der Waals surface area contributed by atoms with E-state index in [4.69, 9.17) is 15.0 Å². The molecule has 27 heavy (non-hydrogen) atoms. The highest BCUT2D eigenvalue weighted by Crippen LogP contribution is 2.39. The summed E-state index contributed by atoms with van der Waals surface area (Å²) < 4.78 is 50.9. The second kappa shape index (κ2) is 7.26. The van der Waals surface area contributed by atoms with Crippen molar-refractivity contribution in [2.75, 3.05) is 5.73 Å². The fraction of sp³-hybridized carbons (Fsp3) is 0.278. The first kappa shape index (κ1) is 18.7. The van der Waals surface area contributed by atoms with Gasteiger partial charge in [0, 0.05) is 11.8 Å². The van der Waals surface area contributed by atoms with E-state index >= 15 is 0 Å². The largest absolute Gasteiger partial charge is 0.490 e. The zero-order valence-electron chi connectivity index (χ0n) is 14.6. The molecule has 6 nitrogen and oxygen atoms in total. The topological polar surface area (TPSA) is 87.1 Å². The van der Waals surface area contributed by atoms with Crippen LogP contribution in [0.25, 0.3) is 22.8 Å². The van der Waals surface area contributed by atoms with Crippen LogP contribution in [0.15, 0.2) is 41.1 Å². The van der Waals surface area contributed by atoms with Crippen LogP contribution in [0.1, 0.15) is 25.8 Å². The smallest absolute Gasteiger partial charge is 0.419 e. The van der Waals surface area contributed by atoms with E-state index in [2.05, 4.69) is 15.1 Å². The van der Waals surface area contributed by atoms with Gasteiger partial charge in [-0.25, -0.2) is 4.98 Å². The molecule has 9 heteroatoms. The number of nitrogens with zero attached hydrogens (tertiary/aromatic N) is 3. The van der Waals surface area contributed by atoms with E-state index in [9.17, 15) is 13.2 Å². The summed E-state index contributed by atoms with van der Waals surface area (Å²) in [6.07, 6.45) is -2.85. The monoisotopic (exact) mass is 378 g/mol. The van der Waals surface area contributed by atoms with E-state index in [1.807, 2.05) is 6.92 Å². The van der Waals surface area contributed by atoms with Crippen LogP contribution in [0.4, 0.5) is 19.0 Å². The number of nitrogen functional groups attached to an aromatic ring is 1. The Bertz CT molecular complexity index is 940. The summed E-state index contributed by atoms with van der Waals surface area (Å²) in [6, 6.07) is 6.91. The van der Waals surface area contributed by atoms with Crippen LogP contribution in [0.5, 0.6) is 5.75 Å². The summed E-state index contributed by atoms with van der Waals surface area (Å²) >= 11 is 0. The van der Waals surface area contributed by atoms with Gasteiger partial charge >= 0.3 is 6.18 Å². The van der Waals surface area contributed by atoms with Gasteiger partial charge in [0.2, 0.25) is 5.82 Å².